The van der Waals surface area contributed by atoms with Crippen LogP contribution in [0.4, 0.5) is 5.95 Å². The standard InChI is InChI=1S/C24H23N11O3/c1-15-27-14-34(29-15)22-20-19(18(38-2)13-26-22)17(12-25-20)21(36)23(37)32-8-10-33(11-9-32)24-28-30-31-35(24)16-6-4-3-5-7-16/h3-7,12-14,25H,8-11H2,1-2H3/i1D3,2D3,8D2,9D2,10D2,11D2,14D. The van der Waals surface area contributed by atoms with Crippen molar-refractivity contribution in [1.29, 1.82) is 0 Å². The molecule has 14 heteroatoms. The van der Waals surface area contributed by atoms with Crippen LogP contribution in [-0.2, 0) is 4.79 Å². The smallest absolute Gasteiger partial charge is 0.295 e. The number of anilines is 1. The topological polar surface area (TPSA) is 153 Å². The van der Waals surface area contributed by atoms with Crippen LogP contribution in [0, 0.1) is 6.85 Å². The number of hydrogen-bond donors (Lipinski definition) is 1. The molecule has 1 aromatic carbocycles. The lowest BCUT2D eigenvalue weighted by molar-refractivity contribution is -0.126. The number of ketones is 1. The Morgan fingerprint density at radius 3 is 2.76 bits per heavy atom. The van der Waals surface area contributed by atoms with Crippen molar-refractivity contribution >= 4 is 28.5 Å². The van der Waals surface area contributed by atoms with Gasteiger partial charge in [-0.2, -0.15) is 9.78 Å². The van der Waals surface area contributed by atoms with E-state index in [1.807, 2.05) is 0 Å². The zero-order valence-corrected chi connectivity index (χ0v) is 18.7. The molecule has 1 aliphatic heterocycles. The molecule has 1 fully saturated rings. The molecule has 192 valence electrons. The Balaban J connectivity index is 1.49. The van der Waals surface area contributed by atoms with Gasteiger partial charge in [0.15, 0.2) is 5.82 Å². The number of pyridine rings is 1. The molecule has 0 radical (unpaired) electrons. The van der Waals surface area contributed by atoms with Crippen LogP contribution in [0.5, 0.6) is 5.75 Å². The normalized spacial score (nSPS) is 25.5. The maximum Gasteiger partial charge on any atom is 0.295 e. The quantitative estimate of drug-likeness (QED) is 0.249. The molecule has 5 aromatic rings. The molecule has 0 unspecified atom stereocenters. The number of benzene rings is 1. The van der Waals surface area contributed by atoms with Gasteiger partial charge in [-0.25, -0.2) is 14.6 Å². The van der Waals surface area contributed by atoms with E-state index in [0.29, 0.717) is 4.68 Å². The van der Waals surface area contributed by atoms with Gasteiger partial charge in [-0.1, -0.05) is 23.3 Å². The van der Waals surface area contributed by atoms with Crippen LogP contribution in [0.15, 0.2) is 49.0 Å². The van der Waals surface area contributed by atoms with E-state index in [0.717, 1.165) is 17.1 Å². The number of rotatable bonds is 6. The van der Waals surface area contributed by atoms with E-state index in [-0.39, 0.29) is 16.1 Å². The first-order valence-corrected chi connectivity index (χ1v) is 10.5. The number of H-pyrrole nitrogens is 1. The molecule has 0 spiro atoms. The minimum absolute atomic E-state index is 0.0166. The Hall–Kier alpha value is -5.14. The lowest BCUT2D eigenvalue weighted by atomic mass is 10.1. The number of aromatic nitrogens is 9. The number of hydrogen-bond acceptors (Lipinski definition) is 10. The highest BCUT2D eigenvalue weighted by Crippen LogP contribution is 2.32. The van der Waals surface area contributed by atoms with Crippen LogP contribution >= 0.6 is 0 Å². The van der Waals surface area contributed by atoms with Crippen molar-refractivity contribution in [2.45, 2.75) is 6.85 Å². The van der Waals surface area contributed by atoms with Gasteiger partial charge >= 0.3 is 0 Å². The van der Waals surface area contributed by atoms with E-state index >= 15 is 0 Å². The van der Waals surface area contributed by atoms with Crippen LogP contribution in [0.3, 0.4) is 0 Å². The highest BCUT2D eigenvalue weighted by atomic mass is 16.5. The Morgan fingerprint density at radius 1 is 1.16 bits per heavy atom. The fourth-order valence-electron chi connectivity index (χ4n) is 3.58. The number of carbonyl (C=O) groups is 2. The average Bonchev–Trinajstić information content (AvgIpc) is 3.79. The number of methoxy groups -OCH3 is 1. The Labute approximate surface area is 236 Å². The molecule has 14 nitrogen and oxygen atoms in total. The Bertz CT molecular complexity index is 2220. The van der Waals surface area contributed by atoms with Crippen LogP contribution in [-0.4, -0.2) is 94.6 Å². The number of ether oxygens (including phenoxy) is 1. The van der Waals surface area contributed by atoms with Gasteiger partial charge in [0, 0.05) is 36.3 Å². The number of tetrazole rings is 1. The van der Waals surface area contributed by atoms with Crippen molar-refractivity contribution in [3.8, 4) is 17.3 Å². The molecule has 0 aliphatic carbocycles. The van der Waals surface area contributed by atoms with E-state index in [1.165, 1.54) is 24.3 Å². The molecular weight excluding hydrogens is 490 g/mol. The van der Waals surface area contributed by atoms with Crippen molar-refractivity contribution in [3.05, 3.63) is 60.4 Å². The number of piperazine rings is 1. The van der Waals surface area contributed by atoms with Gasteiger partial charge < -0.3 is 19.5 Å². The highest BCUT2D eigenvalue weighted by Gasteiger charge is 2.31. The molecule has 4 aromatic heterocycles. The zero-order chi connectivity index (χ0) is 39.3. The molecule has 0 atom stereocenters. The number of amides is 1. The van der Waals surface area contributed by atoms with E-state index in [1.54, 1.807) is 6.07 Å². The lowest BCUT2D eigenvalue weighted by Gasteiger charge is -2.34. The summed E-state index contributed by atoms with van der Waals surface area (Å²) in [5.41, 5.74) is -1.05. The second-order valence-corrected chi connectivity index (χ2v) is 7.43. The van der Waals surface area contributed by atoms with Gasteiger partial charge in [0.25, 0.3) is 11.7 Å². The van der Waals surface area contributed by atoms with Crippen molar-refractivity contribution in [2.75, 3.05) is 37.9 Å². The summed E-state index contributed by atoms with van der Waals surface area (Å²) >= 11 is 0. The maximum absolute atomic E-state index is 14.0. The van der Waals surface area contributed by atoms with Gasteiger partial charge in [0.1, 0.15) is 19.2 Å². The molecule has 1 aliphatic rings. The zero-order valence-electron chi connectivity index (χ0n) is 33.7. The number of aryl methyl sites for hydroxylation is 1. The van der Waals surface area contributed by atoms with E-state index in [2.05, 4.69) is 35.6 Å². The maximum atomic E-state index is 14.0. The minimum Gasteiger partial charge on any atom is -0.494 e. The summed E-state index contributed by atoms with van der Waals surface area (Å²) in [5, 5.41) is 13.9. The lowest BCUT2D eigenvalue weighted by Crippen LogP contribution is -2.51. The van der Waals surface area contributed by atoms with E-state index in [9.17, 15) is 9.59 Å². The summed E-state index contributed by atoms with van der Waals surface area (Å²) in [5.74, 6) is -6.65. The second-order valence-electron chi connectivity index (χ2n) is 7.43. The monoisotopic (exact) mass is 528 g/mol. The minimum atomic E-state index is -3.88. The predicted octanol–water partition coefficient (Wildman–Crippen LogP) is 0.968. The van der Waals surface area contributed by atoms with Crippen LogP contribution < -0.4 is 9.64 Å². The number of aromatic amines is 1. The van der Waals surface area contributed by atoms with Crippen LogP contribution in [0.25, 0.3) is 22.4 Å². The number of carbonyl (C=O) groups excluding carboxylic acids is 2. The Morgan fingerprint density at radius 2 is 2.00 bits per heavy atom. The number of para-hydroxylation sites is 1. The molecule has 38 heavy (non-hydrogen) atoms. The van der Waals surface area contributed by atoms with Crippen LogP contribution in [0.1, 0.15) is 36.7 Å². The number of nitrogens with zero attached hydrogens (tertiary/aromatic N) is 10. The molecule has 5 heterocycles. The van der Waals surface area contributed by atoms with E-state index < -0.39 is 97.1 Å². The molecule has 6 rings (SSSR count). The third-order valence-corrected chi connectivity index (χ3v) is 5.25. The molecule has 0 saturated carbocycles. The van der Waals surface area contributed by atoms with Crippen LogP contribution in [0.2, 0.25) is 0 Å². The summed E-state index contributed by atoms with van der Waals surface area (Å²) in [6.07, 6.45) is 0.752. The average molecular weight is 529 g/mol. The molecule has 1 saturated heterocycles. The summed E-state index contributed by atoms with van der Waals surface area (Å²) in [7, 11) is -3.20. The van der Waals surface area contributed by atoms with Gasteiger partial charge in [0.05, 0.1) is 50.5 Å². The highest BCUT2D eigenvalue weighted by molar-refractivity contribution is 6.45. The van der Waals surface area contributed by atoms with Crippen molar-refractivity contribution in [3.63, 3.8) is 0 Å². The SMILES string of the molecule is [2H]c1nc(C([2H])([2H])[2H])nn1-c1ncc(OC([2H])([2H])[2H])c2c(C(=O)C(=O)N3C([2H])([2H])C([2H])([2H])N(c4nnnn4-c4ccccc4)C([2H])([2H])C3([2H])[2H])c[nH]c12. The third-order valence-electron chi connectivity index (χ3n) is 5.25. The summed E-state index contributed by atoms with van der Waals surface area (Å²) in [6.45, 7) is -18.1. The molecular formula is C24H23N11O3. The summed E-state index contributed by atoms with van der Waals surface area (Å²) in [6, 6.07) is 7.58. The fourth-order valence-corrected chi connectivity index (χ4v) is 3.58. The third kappa shape index (κ3) is 3.91. The predicted molar refractivity (Wildman–Crippen MR) is 135 cm³/mol. The second kappa shape index (κ2) is 9.38. The molecule has 1 N–H and O–H groups in total. The van der Waals surface area contributed by atoms with Gasteiger partial charge in [-0.05, 0) is 29.4 Å². The first-order valence-electron chi connectivity index (χ1n) is 18.0. The molecule has 1 amide bonds. The first kappa shape index (κ1) is 11.9. The van der Waals surface area contributed by atoms with Crippen molar-refractivity contribution in [2.24, 2.45) is 0 Å². The molecule has 0 bridgehead atoms. The summed E-state index contributed by atoms with van der Waals surface area (Å²) in [4.78, 5) is 37.6. The van der Waals surface area contributed by atoms with E-state index in [4.69, 9.17) is 25.3 Å². The van der Waals surface area contributed by atoms with Gasteiger partial charge in [-0.15, -0.1) is 0 Å². The van der Waals surface area contributed by atoms with Crippen molar-refractivity contribution in [1.82, 2.24) is 49.8 Å². The number of fused-ring (bicyclic) bond motifs is 1. The fraction of sp³-hybridized carbons (Fsp3) is 0.250. The first-order chi connectivity index (χ1) is 24.3. The number of Topliss-reactive ketones (excluding diaryl/α,β-unsaturated/α-hetero) is 1. The van der Waals surface area contributed by atoms with Crippen molar-refractivity contribution < 1.29 is 34.9 Å². The summed E-state index contributed by atoms with van der Waals surface area (Å²) < 4.78 is 130. The van der Waals surface area contributed by atoms with Gasteiger partial charge in [-0.3, -0.25) is 9.59 Å². The number of nitrogens with one attached hydrogen (secondary N) is 1. The Kier molecular flexibility index (Phi) is 2.95. The van der Waals surface area contributed by atoms with Gasteiger partial charge in [0.2, 0.25) is 5.95 Å². The largest absolute Gasteiger partial charge is 0.494 e.